The van der Waals surface area contributed by atoms with Crippen LogP contribution in [0.4, 0.5) is 13.2 Å². The lowest BCUT2D eigenvalue weighted by atomic mass is 10.2. The number of rotatable bonds is 1. The third-order valence-electron chi connectivity index (χ3n) is 1.25. The number of hydrogen-bond donors (Lipinski definition) is 1. The highest BCUT2D eigenvalue weighted by molar-refractivity contribution is 6.30. The SMILES string of the molecule is O=C(O)C(F)(F)F.O=Cc1ccc(Cl)cc1. The Kier molecular flexibility index (Phi) is 5.52. The first-order valence-electron chi connectivity index (χ1n) is 3.78. The van der Waals surface area contributed by atoms with Crippen molar-refractivity contribution in [3.63, 3.8) is 0 Å². The van der Waals surface area contributed by atoms with Crippen LogP contribution >= 0.6 is 11.6 Å². The van der Waals surface area contributed by atoms with Gasteiger partial charge in [0, 0.05) is 10.6 Å². The standard InChI is InChI=1S/C7H5ClO.C2HF3O2/c8-7-3-1-6(5-9)2-4-7;3-2(4,5)1(6)7/h1-5H;(H,6,7). The van der Waals surface area contributed by atoms with Gasteiger partial charge in [-0.2, -0.15) is 13.2 Å². The van der Waals surface area contributed by atoms with Crippen molar-refractivity contribution in [2.45, 2.75) is 6.18 Å². The van der Waals surface area contributed by atoms with Crippen molar-refractivity contribution < 1.29 is 27.9 Å². The van der Waals surface area contributed by atoms with Gasteiger partial charge in [0.25, 0.3) is 0 Å². The average molecular weight is 255 g/mol. The van der Waals surface area contributed by atoms with E-state index in [0.29, 0.717) is 10.6 Å². The predicted molar refractivity (Wildman–Crippen MR) is 50.5 cm³/mol. The summed E-state index contributed by atoms with van der Waals surface area (Å²) in [6.07, 6.45) is -4.30. The van der Waals surface area contributed by atoms with Gasteiger partial charge in [0.1, 0.15) is 6.29 Å². The molecule has 0 spiro atoms. The molecule has 0 saturated carbocycles. The van der Waals surface area contributed by atoms with Gasteiger partial charge < -0.3 is 5.11 Å². The number of carbonyl (C=O) groups is 2. The van der Waals surface area contributed by atoms with E-state index in [9.17, 15) is 18.0 Å². The van der Waals surface area contributed by atoms with Crippen LogP contribution in [-0.4, -0.2) is 23.5 Å². The van der Waals surface area contributed by atoms with E-state index in [1.54, 1.807) is 24.3 Å². The molecule has 0 bridgehead atoms. The van der Waals surface area contributed by atoms with E-state index < -0.39 is 12.1 Å². The zero-order valence-electron chi connectivity index (χ0n) is 7.66. The maximum absolute atomic E-state index is 10.6. The van der Waals surface area contributed by atoms with Crippen molar-refractivity contribution in [2.75, 3.05) is 0 Å². The van der Waals surface area contributed by atoms with E-state index in [1.165, 1.54) is 0 Å². The van der Waals surface area contributed by atoms with Crippen LogP contribution in [0.2, 0.25) is 5.02 Å². The Labute approximate surface area is 93.4 Å². The minimum Gasteiger partial charge on any atom is -0.475 e. The van der Waals surface area contributed by atoms with Crippen LogP contribution in [0.5, 0.6) is 0 Å². The quantitative estimate of drug-likeness (QED) is 0.784. The zero-order chi connectivity index (χ0) is 12.8. The molecule has 1 rings (SSSR count). The molecule has 0 unspecified atom stereocenters. The van der Waals surface area contributed by atoms with Crippen molar-refractivity contribution >= 4 is 23.9 Å². The van der Waals surface area contributed by atoms with Crippen molar-refractivity contribution in [3.8, 4) is 0 Å². The number of carbonyl (C=O) groups excluding carboxylic acids is 1. The van der Waals surface area contributed by atoms with Gasteiger partial charge in [0.15, 0.2) is 0 Å². The normalized spacial score (nSPS) is 10.0. The topological polar surface area (TPSA) is 54.4 Å². The first kappa shape index (κ1) is 14.4. The summed E-state index contributed by atoms with van der Waals surface area (Å²) in [7, 11) is 0. The molecule has 0 aromatic heterocycles. The van der Waals surface area contributed by atoms with Gasteiger partial charge in [-0.05, 0) is 12.1 Å². The van der Waals surface area contributed by atoms with Crippen LogP contribution in [0.15, 0.2) is 24.3 Å². The number of benzene rings is 1. The van der Waals surface area contributed by atoms with E-state index in [0.717, 1.165) is 6.29 Å². The lowest BCUT2D eigenvalue weighted by Gasteiger charge is -1.93. The minimum atomic E-state index is -5.08. The van der Waals surface area contributed by atoms with Crippen LogP contribution < -0.4 is 0 Å². The molecule has 0 fully saturated rings. The molecule has 16 heavy (non-hydrogen) atoms. The van der Waals surface area contributed by atoms with Crippen molar-refractivity contribution in [2.24, 2.45) is 0 Å². The molecule has 0 aliphatic rings. The lowest BCUT2D eigenvalue weighted by Crippen LogP contribution is -2.21. The lowest BCUT2D eigenvalue weighted by molar-refractivity contribution is -0.192. The summed E-state index contributed by atoms with van der Waals surface area (Å²) in [5, 5.41) is 7.78. The van der Waals surface area contributed by atoms with E-state index in [1.807, 2.05) is 0 Å². The Morgan fingerprint density at radius 3 is 1.88 bits per heavy atom. The predicted octanol–water partition coefficient (Wildman–Crippen LogP) is 2.79. The first-order chi connectivity index (χ1) is 7.27. The molecule has 0 atom stereocenters. The van der Waals surface area contributed by atoms with Gasteiger partial charge in [-0.25, -0.2) is 4.79 Å². The molecule has 0 aliphatic heterocycles. The first-order valence-corrected chi connectivity index (χ1v) is 4.16. The van der Waals surface area contributed by atoms with Gasteiger partial charge in [0.2, 0.25) is 0 Å². The fourth-order valence-electron chi connectivity index (χ4n) is 0.541. The van der Waals surface area contributed by atoms with Crippen LogP contribution in [-0.2, 0) is 4.79 Å². The number of carboxylic acid groups (broad SMARTS) is 1. The molecule has 88 valence electrons. The van der Waals surface area contributed by atoms with Crippen molar-refractivity contribution in [1.82, 2.24) is 0 Å². The van der Waals surface area contributed by atoms with Crippen LogP contribution in [0.3, 0.4) is 0 Å². The number of hydrogen-bond acceptors (Lipinski definition) is 2. The van der Waals surface area contributed by atoms with Crippen LogP contribution in [0, 0.1) is 0 Å². The van der Waals surface area contributed by atoms with E-state index >= 15 is 0 Å². The third kappa shape index (κ3) is 6.02. The van der Waals surface area contributed by atoms with E-state index in [4.69, 9.17) is 21.5 Å². The minimum absolute atomic E-state index is 0.652. The molecule has 7 heteroatoms. The Morgan fingerprint density at radius 2 is 1.62 bits per heavy atom. The van der Waals surface area contributed by atoms with E-state index in [-0.39, 0.29) is 0 Å². The monoisotopic (exact) mass is 254 g/mol. The van der Waals surface area contributed by atoms with Crippen molar-refractivity contribution in [3.05, 3.63) is 34.9 Å². The molecule has 1 aromatic carbocycles. The Balaban J connectivity index is 0.000000293. The zero-order valence-corrected chi connectivity index (χ0v) is 8.42. The maximum atomic E-state index is 10.6. The smallest absolute Gasteiger partial charge is 0.475 e. The number of carboxylic acids is 1. The van der Waals surface area contributed by atoms with Gasteiger partial charge in [-0.3, -0.25) is 4.79 Å². The third-order valence-corrected chi connectivity index (χ3v) is 1.50. The molecular weight excluding hydrogens is 249 g/mol. The van der Waals surface area contributed by atoms with Crippen LogP contribution in [0.1, 0.15) is 10.4 Å². The number of aliphatic carboxylic acids is 1. The van der Waals surface area contributed by atoms with Gasteiger partial charge in [-0.1, -0.05) is 23.7 Å². The number of halogens is 4. The van der Waals surface area contributed by atoms with Gasteiger partial charge in [-0.15, -0.1) is 0 Å². The highest BCUT2D eigenvalue weighted by Crippen LogP contribution is 2.13. The Morgan fingerprint density at radius 1 is 1.25 bits per heavy atom. The second-order valence-corrected chi connectivity index (χ2v) is 2.91. The molecule has 3 nitrogen and oxygen atoms in total. The second-order valence-electron chi connectivity index (χ2n) is 2.47. The molecule has 0 aliphatic carbocycles. The highest BCUT2D eigenvalue weighted by Gasteiger charge is 2.38. The molecule has 0 radical (unpaired) electrons. The highest BCUT2D eigenvalue weighted by atomic mass is 35.5. The molecule has 0 heterocycles. The van der Waals surface area contributed by atoms with E-state index in [2.05, 4.69) is 0 Å². The van der Waals surface area contributed by atoms with Gasteiger partial charge >= 0.3 is 12.1 Å². The Bertz CT molecular complexity index is 359. The summed E-state index contributed by atoms with van der Waals surface area (Å²) >= 11 is 5.55. The Hall–Kier alpha value is -1.56. The molecule has 1 N–H and O–H groups in total. The van der Waals surface area contributed by atoms with Gasteiger partial charge in [0.05, 0.1) is 0 Å². The second kappa shape index (κ2) is 6.12. The number of aldehydes is 1. The fraction of sp³-hybridized carbons (Fsp3) is 0.111. The summed E-state index contributed by atoms with van der Waals surface area (Å²) in [5.41, 5.74) is 0.652. The van der Waals surface area contributed by atoms with Crippen molar-refractivity contribution in [1.29, 1.82) is 0 Å². The molecule has 0 amide bonds. The summed E-state index contributed by atoms with van der Waals surface area (Å²) in [6.45, 7) is 0. The summed E-state index contributed by atoms with van der Waals surface area (Å²) in [6, 6.07) is 6.72. The van der Waals surface area contributed by atoms with Crippen LogP contribution in [0.25, 0.3) is 0 Å². The fourth-order valence-corrected chi connectivity index (χ4v) is 0.667. The molecule has 0 saturated heterocycles. The molecular formula is C9H6ClF3O3. The summed E-state index contributed by atoms with van der Waals surface area (Å²) < 4.78 is 31.7. The number of alkyl halides is 3. The maximum Gasteiger partial charge on any atom is 0.490 e. The summed E-state index contributed by atoms with van der Waals surface area (Å²) in [5.74, 6) is -2.76. The largest absolute Gasteiger partial charge is 0.490 e. The summed E-state index contributed by atoms with van der Waals surface area (Å²) in [4.78, 5) is 19.0. The average Bonchev–Trinajstić information content (AvgIpc) is 2.18. The molecule has 1 aromatic rings.